The molecule has 0 fully saturated rings. The topological polar surface area (TPSA) is 143 Å². The Labute approximate surface area is 308 Å². The monoisotopic (exact) mass is 746 g/mol. The molecule has 0 bridgehead atoms. The molecule has 1 aliphatic heterocycles. The third-order valence-corrected chi connectivity index (χ3v) is 10.1. The van der Waals surface area contributed by atoms with Crippen LogP contribution >= 0.6 is 34.4 Å². The zero-order valence-electron chi connectivity index (χ0n) is 28.6. The number of thiophene rings is 2. The van der Waals surface area contributed by atoms with Crippen molar-refractivity contribution in [1.29, 1.82) is 0 Å². The lowest BCUT2D eigenvalue weighted by Gasteiger charge is -2.30. The van der Waals surface area contributed by atoms with Crippen LogP contribution in [0.2, 0.25) is 0 Å². The summed E-state index contributed by atoms with van der Waals surface area (Å²) in [6.45, 7) is 7.92. The molecule has 14 heteroatoms. The summed E-state index contributed by atoms with van der Waals surface area (Å²) in [5.74, 6) is -1.78. The van der Waals surface area contributed by atoms with Crippen molar-refractivity contribution < 1.29 is 33.4 Å². The van der Waals surface area contributed by atoms with Gasteiger partial charge in [-0.15, -0.1) is 23.1 Å². The standard InChI is InChI=1S/C37H38N4O7S3/c1-5-47-35(45)31-27-14-16-41(36(46)48-37(2,3)4)20-29(27)51-34(31)40-30(42)22-50-26-13-9-12-25(19-26)38-33(44)28(18-23-15-17-49-21-23)39-32(43)24-10-7-6-8-11-24/h6-13,15,17-19,21H,5,14,16,20,22H2,1-4H3,(H,38,44)(H,39,43)(H,40,42)/b28-18-. The van der Waals surface area contributed by atoms with Gasteiger partial charge in [-0.2, -0.15) is 11.3 Å². The second-order valence-corrected chi connectivity index (χ2v) is 15.3. The van der Waals surface area contributed by atoms with Crippen LogP contribution in [0.15, 0.2) is 82.0 Å². The molecule has 0 saturated heterocycles. The van der Waals surface area contributed by atoms with E-state index in [-0.39, 0.29) is 30.5 Å². The maximum atomic E-state index is 13.4. The van der Waals surface area contributed by atoms with Crippen molar-refractivity contribution in [2.24, 2.45) is 0 Å². The summed E-state index contributed by atoms with van der Waals surface area (Å²) in [5.41, 5.74) is 2.16. The number of amides is 4. The molecule has 266 valence electrons. The van der Waals surface area contributed by atoms with Crippen LogP contribution in [0.4, 0.5) is 15.5 Å². The molecule has 4 aromatic rings. The molecule has 4 amide bonds. The van der Waals surface area contributed by atoms with Gasteiger partial charge in [0.2, 0.25) is 5.91 Å². The molecule has 0 radical (unpaired) electrons. The largest absolute Gasteiger partial charge is 0.462 e. The van der Waals surface area contributed by atoms with Gasteiger partial charge in [0, 0.05) is 27.6 Å². The molecule has 2 aromatic carbocycles. The highest BCUT2D eigenvalue weighted by Gasteiger charge is 2.32. The molecule has 0 aliphatic carbocycles. The van der Waals surface area contributed by atoms with Crippen molar-refractivity contribution in [3.63, 3.8) is 0 Å². The van der Waals surface area contributed by atoms with Crippen LogP contribution in [0, 0.1) is 0 Å². The van der Waals surface area contributed by atoms with Gasteiger partial charge in [0.1, 0.15) is 16.3 Å². The third-order valence-electron chi connectivity index (χ3n) is 7.29. The Morgan fingerprint density at radius 3 is 2.49 bits per heavy atom. The molecule has 0 atom stereocenters. The van der Waals surface area contributed by atoms with Gasteiger partial charge in [0.05, 0.1) is 24.5 Å². The van der Waals surface area contributed by atoms with E-state index in [9.17, 15) is 24.0 Å². The first-order valence-corrected chi connectivity index (χ1v) is 18.9. The maximum Gasteiger partial charge on any atom is 0.410 e. The number of hydrogen-bond donors (Lipinski definition) is 3. The van der Waals surface area contributed by atoms with Gasteiger partial charge < -0.3 is 30.3 Å². The smallest absolute Gasteiger partial charge is 0.410 e. The van der Waals surface area contributed by atoms with Crippen LogP contribution in [-0.2, 0) is 32.0 Å². The lowest BCUT2D eigenvalue weighted by molar-refractivity contribution is -0.114. The van der Waals surface area contributed by atoms with E-state index >= 15 is 0 Å². The van der Waals surface area contributed by atoms with E-state index in [0.717, 1.165) is 16.0 Å². The van der Waals surface area contributed by atoms with Crippen LogP contribution in [0.3, 0.4) is 0 Å². The number of nitrogens with zero attached hydrogens (tertiary/aromatic N) is 1. The number of benzene rings is 2. The van der Waals surface area contributed by atoms with E-state index in [1.807, 2.05) is 22.9 Å². The van der Waals surface area contributed by atoms with Crippen molar-refractivity contribution in [1.82, 2.24) is 10.2 Å². The van der Waals surface area contributed by atoms with Crippen LogP contribution in [0.1, 0.15) is 64.4 Å². The highest BCUT2D eigenvalue weighted by molar-refractivity contribution is 8.00. The van der Waals surface area contributed by atoms with Crippen LogP contribution < -0.4 is 16.0 Å². The Hall–Kier alpha value is -4.92. The summed E-state index contributed by atoms with van der Waals surface area (Å²) in [6, 6.07) is 17.5. The van der Waals surface area contributed by atoms with Crippen LogP contribution in [0.25, 0.3) is 6.08 Å². The van der Waals surface area contributed by atoms with Crippen molar-refractivity contribution in [2.45, 2.75) is 51.2 Å². The van der Waals surface area contributed by atoms with E-state index in [2.05, 4.69) is 16.0 Å². The molecule has 0 saturated carbocycles. The molecule has 1 aliphatic rings. The number of thioether (sulfide) groups is 1. The minimum Gasteiger partial charge on any atom is -0.462 e. The van der Waals surface area contributed by atoms with Gasteiger partial charge in [0.15, 0.2) is 0 Å². The van der Waals surface area contributed by atoms with E-state index in [0.29, 0.717) is 39.7 Å². The lowest BCUT2D eigenvalue weighted by atomic mass is 10.0. The Kier molecular flexibility index (Phi) is 12.3. The lowest BCUT2D eigenvalue weighted by Crippen LogP contribution is -2.39. The fourth-order valence-electron chi connectivity index (χ4n) is 5.03. The molecule has 0 unspecified atom stereocenters. The molecule has 51 heavy (non-hydrogen) atoms. The zero-order chi connectivity index (χ0) is 36.5. The van der Waals surface area contributed by atoms with Gasteiger partial charge in [0.25, 0.3) is 11.8 Å². The molecule has 0 spiro atoms. The zero-order valence-corrected chi connectivity index (χ0v) is 31.0. The SMILES string of the molecule is CCOC(=O)c1c(NC(=O)CSc2cccc(NC(=O)/C(=C/c3ccsc3)NC(=O)c3ccccc3)c2)sc2c1CCN(C(=O)OC(C)(C)C)C2. The molecule has 11 nitrogen and oxygen atoms in total. The minimum atomic E-state index is -0.644. The summed E-state index contributed by atoms with van der Waals surface area (Å²) in [5, 5.41) is 12.6. The molecular weight excluding hydrogens is 709 g/mol. The van der Waals surface area contributed by atoms with Gasteiger partial charge in [-0.1, -0.05) is 24.3 Å². The number of anilines is 2. The molecule has 3 N–H and O–H groups in total. The van der Waals surface area contributed by atoms with Crippen molar-refractivity contribution >= 4 is 81.0 Å². The van der Waals surface area contributed by atoms with Crippen molar-refractivity contribution in [3.8, 4) is 0 Å². The highest BCUT2D eigenvalue weighted by atomic mass is 32.2. The van der Waals surface area contributed by atoms with E-state index in [1.54, 1.807) is 87.2 Å². The average Bonchev–Trinajstić information content (AvgIpc) is 3.74. The Bertz CT molecular complexity index is 1930. The highest BCUT2D eigenvalue weighted by Crippen LogP contribution is 2.38. The minimum absolute atomic E-state index is 0.0166. The van der Waals surface area contributed by atoms with E-state index in [1.165, 1.54) is 34.4 Å². The second-order valence-electron chi connectivity index (χ2n) is 12.3. The quantitative estimate of drug-likeness (QED) is 0.0818. The number of carbonyl (C=O) groups excluding carboxylic acids is 5. The Balaban J connectivity index is 1.24. The number of hydrogen-bond acceptors (Lipinski definition) is 10. The number of nitrogens with one attached hydrogen (secondary N) is 3. The van der Waals surface area contributed by atoms with Crippen molar-refractivity contribution in [3.05, 3.63) is 104 Å². The van der Waals surface area contributed by atoms with Gasteiger partial charge in [-0.25, -0.2) is 9.59 Å². The van der Waals surface area contributed by atoms with Crippen molar-refractivity contribution in [2.75, 3.05) is 29.5 Å². The summed E-state index contributed by atoms with van der Waals surface area (Å²) < 4.78 is 10.9. The number of esters is 1. The van der Waals surface area contributed by atoms with E-state index in [4.69, 9.17) is 9.47 Å². The maximum absolute atomic E-state index is 13.4. The van der Waals surface area contributed by atoms with Gasteiger partial charge in [-0.05, 0) is 98.5 Å². The summed E-state index contributed by atoms with van der Waals surface area (Å²) >= 11 is 3.97. The van der Waals surface area contributed by atoms with Gasteiger partial charge >= 0.3 is 12.1 Å². The first kappa shape index (κ1) is 37.3. The molecule has 5 rings (SSSR count). The number of ether oxygens (including phenoxy) is 2. The predicted molar refractivity (Wildman–Crippen MR) is 201 cm³/mol. The molecular formula is C37H38N4O7S3. The predicted octanol–water partition coefficient (Wildman–Crippen LogP) is 7.42. The number of carbonyl (C=O) groups is 5. The Morgan fingerprint density at radius 1 is 1.00 bits per heavy atom. The third kappa shape index (κ3) is 10.3. The van der Waals surface area contributed by atoms with Gasteiger partial charge in [-0.3, -0.25) is 14.4 Å². The normalized spacial score (nSPS) is 12.8. The first-order valence-electron chi connectivity index (χ1n) is 16.1. The fourth-order valence-corrected chi connectivity index (χ4v) is 7.67. The van der Waals surface area contributed by atoms with Crippen LogP contribution in [-0.4, -0.2) is 59.2 Å². The summed E-state index contributed by atoms with van der Waals surface area (Å²) in [4.78, 5) is 68.3. The molecule has 3 heterocycles. The fraction of sp³-hybridized carbons (Fsp3) is 0.270. The average molecular weight is 747 g/mol. The second kappa shape index (κ2) is 16.9. The Morgan fingerprint density at radius 2 is 1.78 bits per heavy atom. The first-order chi connectivity index (χ1) is 24.4. The molecule has 2 aromatic heterocycles. The summed E-state index contributed by atoms with van der Waals surface area (Å²) in [7, 11) is 0. The number of rotatable bonds is 11. The summed E-state index contributed by atoms with van der Waals surface area (Å²) in [6.07, 6.45) is 1.59. The van der Waals surface area contributed by atoms with Crippen LogP contribution in [0.5, 0.6) is 0 Å². The van der Waals surface area contributed by atoms with E-state index < -0.39 is 29.5 Å². The number of fused-ring (bicyclic) bond motifs is 1.